The molecule has 0 spiro atoms. The van der Waals surface area contributed by atoms with Crippen LogP contribution in [0.4, 0.5) is 0 Å². The highest BCUT2D eigenvalue weighted by Gasteiger charge is 1.94. The molecule has 0 heterocycles. The molecule has 0 bridgehead atoms. The predicted molar refractivity (Wildman–Crippen MR) is 50.3 cm³/mol. The molecule has 0 fully saturated rings. The van der Waals surface area contributed by atoms with E-state index in [1.54, 1.807) is 0 Å². The van der Waals surface area contributed by atoms with Gasteiger partial charge < -0.3 is 10.6 Å². The van der Waals surface area contributed by atoms with Crippen LogP contribution < -0.4 is 5.73 Å². The zero-order valence-corrected chi connectivity index (χ0v) is 8.09. The van der Waals surface area contributed by atoms with Gasteiger partial charge in [-0.25, -0.2) is 0 Å². The Hall–Kier alpha value is -0.500. The molecule has 11 heavy (non-hydrogen) atoms. The summed E-state index contributed by atoms with van der Waals surface area (Å²) in [7, 11) is 4.12. The van der Waals surface area contributed by atoms with Crippen LogP contribution in [0.5, 0.6) is 0 Å². The number of rotatable bonds is 4. The van der Waals surface area contributed by atoms with Crippen molar-refractivity contribution in [2.45, 2.75) is 20.3 Å². The third-order valence-corrected chi connectivity index (χ3v) is 1.40. The SMILES string of the molecule is CC(C)C=C(N)CCN(C)C. The molecule has 0 rings (SSSR count). The second-order valence-electron chi connectivity index (χ2n) is 3.54. The maximum absolute atomic E-state index is 5.76. The van der Waals surface area contributed by atoms with Crippen LogP contribution in [0.25, 0.3) is 0 Å². The molecule has 0 aromatic rings. The van der Waals surface area contributed by atoms with Gasteiger partial charge in [-0.15, -0.1) is 0 Å². The number of nitrogens with zero attached hydrogens (tertiary/aromatic N) is 1. The molecule has 2 nitrogen and oxygen atoms in total. The minimum absolute atomic E-state index is 0.567. The van der Waals surface area contributed by atoms with Gasteiger partial charge in [-0.3, -0.25) is 0 Å². The van der Waals surface area contributed by atoms with E-state index in [4.69, 9.17) is 5.73 Å². The van der Waals surface area contributed by atoms with Gasteiger partial charge >= 0.3 is 0 Å². The average molecular weight is 156 g/mol. The first-order chi connectivity index (χ1) is 5.02. The molecule has 2 heteroatoms. The van der Waals surface area contributed by atoms with Crippen LogP contribution in [0, 0.1) is 5.92 Å². The Labute approximate surface area is 70.1 Å². The monoisotopic (exact) mass is 156 g/mol. The van der Waals surface area contributed by atoms with Crippen molar-refractivity contribution >= 4 is 0 Å². The molecule has 0 aromatic carbocycles. The Kier molecular flexibility index (Phi) is 4.95. The Morgan fingerprint density at radius 2 is 2.00 bits per heavy atom. The first kappa shape index (κ1) is 10.5. The second kappa shape index (κ2) is 5.19. The maximum Gasteiger partial charge on any atom is 0.00554 e. The van der Waals surface area contributed by atoms with E-state index in [0.29, 0.717) is 5.92 Å². The van der Waals surface area contributed by atoms with Crippen LogP contribution in [0.3, 0.4) is 0 Å². The highest BCUT2D eigenvalue weighted by atomic mass is 15.0. The van der Waals surface area contributed by atoms with Gasteiger partial charge in [-0.1, -0.05) is 19.9 Å². The summed E-state index contributed by atoms with van der Waals surface area (Å²) >= 11 is 0. The molecule has 0 unspecified atom stereocenters. The van der Waals surface area contributed by atoms with Crippen LogP contribution in [0.2, 0.25) is 0 Å². The molecular formula is C9H20N2. The van der Waals surface area contributed by atoms with Crippen LogP contribution >= 0.6 is 0 Å². The van der Waals surface area contributed by atoms with E-state index in [0.717, 1.165) is 18.7 Å². The third kappa shape index (κ3) is 7.40. The third-order valence-electron chi connectivity index (χ3n) is 1.40. The average Bonchev–Trinajstić information content (AvgIpc) is 1.82. The Morgan fingerprint density at radius 3 is 2.36 bits per heavy atom. The molecule has 0 radical (unpaired) electrons. The molecule has 0 amide bonds. The zero-order chi connectivity index (χ0) is 8.85. The number of allylic oxidation sites excluding steroid dienone is 1. The lowest BCUT2D eigenvalue weighted by Crippen LogP contribution is -2.15. The van der Waals surface area contributed by atoms with Crippen molar-refractivity contribution in [3.8, 4) is 0 Å². The van der Waals surface area contributed by atoms with Gasteiger partial charge in [-0.2, -0.15) is 0 Å². The molecule has 0 aliphatic carbocycles. The van der Waals surface area contributed by atoms with Crippen LogP contribution in [-0.2, 0) is 0 Å². The Bertz CT molecular complexity index is 126. The van der Waals surface area contributed by atoms with Crippen molar-refractivity contribution in [1.29, 1.82) is 0 Å². The Balaban J connectivity index is 3.59. The first-order valence-corrected chi connectivity index (χ1v) is 4.13. The summed E-state index contributed by atoms with van der Waals surface area (Å²) in [5.41, 5.74) is 6.77. The fourth-order valence-electron chi connectivity index (χ4n) is 0.864. The normalized spacial score (nSPS) is 13.1. The largest absolute Gasteiger partial charge is 0.402 e. The standard InChI is InChI=1S/C9H20N2/c1-8(2)7-9(10)5-6-11(3)4/h7-8H,5-6,10H2,1-4H3. The van der Waals surface area contributed by atoms with E-state index in [1.807, 2.05) is 0 Å². The van der Waals surface area contributed by atoms with Gasteiger partial charge in [-0.05, 0) is 26.4 Å². The topological polar surface area (TPSA) is 29.3 Å². The predicted octanol–water partition coefficient (Wildman–Crippen LogP) is 1.44. The lowest BCUT2D eigenvalue weighted by atomic mass is 10.1. The highest BCUT2D eigenvalue weighted by molar-refractivity contribution is 4.98. The summed E-state index contributed by atoms with van der Waals surface area (Å²) in [6.45, 7) is 5.32. The second-order valence-corrected chi connectivity index (χ2v) is 3.54. The van der Waals surface area contributed by atoms with E-state index < -0.39 is 0 Å². The summed E-state index contributed by atoms with van der Waals surface area (Å²) in [5, 5.41) is 0. The molecule has 0 saturated carbocycles. The van der Waals surface area contributed by atoms with Crippen molar-refractivity contribution in [3.63, 3.8) is 0 Å². The highest BCUT2D eigenvalue weighted by Crippen LogP contribution is 2.00. The van der Waals surface area contributed by atoms with Crippen molar-refractivity contribution in [2.75, 3.05) is 20.6 Å². The number of hydrogen-bond acceptors (Lipinski definition) is 2. The van der Waals surface area contributed by atoms with Gasteiger partial charge in [0.15, 0.2) is 0 Å². The van der Waals surface area contributed by atoms with E-state index in [9.17, 15) is 0 Å². The molecule has 0 aliphatic heterocycles. The van der Waals surface area contributed by atoms with E-state index in [-0.39, 0.29) is 0 Å². The first-order valence-electron chi connectivity index (χ1n) is 4.13. The van der Waals surface area contributed by atoms with Crippen LogP contribution in [0.1, 0.15) is 20.3 Å². The zero-order valence-electron chi connectivity index (χ0n) is 8.09. The van der Waals surface area contributed by atoms with Crippen LogP contribution in [0.15, 0.2) is 11.8 Å². The lowest BCUT2D eigenvalue weighted by Gasteiger charge is -2.09. The fourth-order valence-corrected chi connectivity index (χ4v) is 0.864. The van der Waals surface area contributed by atoms with E-state index >= 15 is 0 Å². The number of hydrogen-bond donors (Lipinski definition) is 1. The van der Waals surface area contributed by atoms with Crippen molar-refractivity contribution in [3.05, 3.63) is 11.8 Å². The lowest BCUT2D eigenvalue weighted by molar-refractivity contribution is 0.412. The summed E-state index contributed by atoms with van der Waals surface area (Å²) in [5.74, 6) is 0.567. The molecule has 66 valence electrons. The summed E-state index contributed by atoms with van der Waals surface area (Å²) in [4.78, 5) is 2.14. The summed E-state index contributed by atoms with van der Waals surface area (Å²) in [6, 6.07) is 0. The van der Waals surface area contributed by atoms with Gasteiger partial charge in [0.05, 0.1) is 0 Å². The smallest absolute Gasteiger partial charge is 0.00554 e. The molecule has 0 saturated heterocycles. The fraction of sp³-hybridized carbons (Fsp3) is 0.778. The quantitative estimate of drug-likeness (QED) is 0.667. The summed E-state index contributed by atoms with van der Waals surface area (Å²) < 4.78 is 0. The minimum atomic E-state index is 0.567. The van der Waals surface area contributed by atoms with Gasteiger partial charge in [0.1, 0.15) is 0 Å². The van der Waals surface area contributed by atoms with Crippen molar-refractivity contribution < 1.29 is 0 Å². The van der Waals surface area contributed by atoms with Crippen molar-refractivity contribution in [1.82, 2.24) is 4.90 Å². The van der Waals surface area contributed by atoms with E-state index in [1.165, 1.54) is 0 Å². The van der Waals surface area contributed by atoms with E-state index in [2.05, 4.69) is 38.9 Å². The Morgan fingerprint density at radius 1 is 1.45 bits per heavy atom. The van der Waals surface area contributed by atoms with Gasteiger partial charge in [0.25, 0.3) is 0 Å². The molecule has 0 atom stereocenters. The molecule has 0 aromatic heterocycles. The van der Waals surface area contributed by atoms with Crippen LogP contribution in [-0.4, -0.2) is 25.5 Å². The molecule has 0 aliphatic rings. The maximum atomic E-state index is 5.76. The molecular weight excluding hydrogens is 136 g/mol. The minimum Gasteiger partial charge on any atom is -0.402 e. The van der Waals surface area contributed by atoms with Crippen molar-refractivity contribution in [2.24, 2.45) is 11.7 Å². The summed E-state index contributed by atoms with van der Waals surface area (Å²) in [6.07, 6.45) is 3.09. The van der Waals surface area contributed by atoms with Gasteiger partial charge in [0.2, 0.25) is 0 Å². The van der Waals surface area contributed by atoms with Gasteiger partial charge in [0, 0.05) is 12.2 Å². The number of nitrogens with two attached hydrogens (primary N) is 1. The molecule has 2 N–H and O–H groups in total.